The summed E-state index contributed by atoms with van der Waals surface area (Å²) in [5.41, 5.74) is 12.7. The monoisotopic (exact) mass is 1040 g/mol. The number of hydrogen-bond donors (Lipinski definition) is 18. The topological polar surface area (TPSA) is 467 Å². The van der Waals surface area contributed by atoms with Gasteiger partial charge in [-0.1, -0.05) is 50.2 Å². The molecule has 5 unspecified atom stereocenters. The highest BCUT2D eigenvalue weighted by Gasteiger charge is 2.52. The molecule has 4 aliphatic rings. The van der Waals surface area contributed by atoms with Crippen LogP contribution in [-0.2, 0) is 44.7 Å². The Labute approximate surface area is 422 Å². The third kappa shape index (κ3) is 12.9. The molecule has 0 radical (unpaired) electrons. The van der Waals surface area contributed by atoms with Gasteiger partial charge in [0.2, 0.25) is 41.4 Å². The van der Waals surface area contributed by atoms with E-state index in [0.717, 1.165) is 4.90 Å². The van der Waals surface area contributed by atoms with Gasteiger partial charge in [0.25, 0.3) is 0 Å². The number of hydrogen-bond acceptors (Lipinski definition) is 22. The minimum Gasteiger partial charge on any atom is -0.506 e. The van der Waals surface area contributed by atoms with Crippen LogP contribution in [-0.4, -0.2) is 217 Å². The maximum atomic E-state index is 14.8. The molecule has 7 amide bonds. The molecular formula is C45H63N13O16. The van der Waals surface area contributed by atoms with E-state index in [1.807, 2.05) is 0 Å². The predicted octanol–water partition coefficient (Wildman–Crippen LogP) is -8.56. The van der Waals surface area contributed by atoms with Crippen LogP contribution in [0.3, 0.4) is 0 Å². The first-order chi connectivity index (χ1) is 35.2. The fourth-order valence-corrected chi connectivity index (χ4v) is 8.76. The number of rotatable bonds is 13. The van der Waals surface area contributed by atoms with Crippen molar-refractivity contribution in [2.75, 3.05) is 38.2 Å². The Morgan fingerprint density at radius 3 is 2.07 bits per heavy atom. The molecule has 74 heavy (non-hydrogen) atoms. The van der Waals surface area contributed by atoms with Crippen LogP contribution < -0.4 is 54.0 Å². The summed E-state index contributed by atoms with van der Waals surface area (Å²) in [6.07, 6.45) is -13.7. The number of anilines is 1. The molecule has 0 saturated carbocycles. The van der Waals surface area contributed by atoms with E-state index in [-0.39, 0.29) is 35.9 Å². The van der Waals surface area contributed by atoms with Crippen molar-refractivity contribution in [1.82, 2.24) is 42.1 Å². The average Bonchev–Trinajstić information content (AvgIpc) is 4.01. The molecule has 404 valence electrons. The molecule has 29 nitrogen and oxygen atoms in total. The fourth-order valence-electron chi connectivity index (χ4n) is 8.76. The summed E-state index contributed by atoms with van der Waals surface area (Å²) in [6, 6.07) is -0.0866. The highest BCUT2D eigenvalue weighted by atomic mass is 16.6. The second-order valence-corrected chi connectivity index (χ2v) is 18.0. The molecule has 29 heteroatoms. The van der Waals surface area contributed by atoms with Gasteiger partial charge in [-0.2, -0.15) is 0 Å². The lowest BCUT2D eigenvalue weighted by atomic mass is 9.92. The Hall–Kier alpha value is -7.25. The maximum Gasteiger partial charge on any atom is 0.246 e. The molecule has 0 aromatic heterocycles. The van der Waals surface area contributed by atoms with Gasteiger partial charge >= 0.3 is 0 Å². The standard InChI is InChI=1S/C45H63N13O16/c1-3-28(62)51-21-11-19(9-10-26(21)61)12-22-39(70)56-31(33(64)23-13-49-44(46)54-23)42(73)57-32(34(65)25-14-50-45(47)58(25)43-37(68)36(67)35(66)27(17-60)74-43)41(72)53-24(16-59)38(69)48-15-29(63)55-30(40(71)52-22)18(2)20-7-5-4-6-8-20/h4-11,18,22-25,27,30-37,43,59-61,64-68H,3,12-17H2,1-2H3,(H2,47,50)(H,48,69)(H,51,62)(H,52,71)(H,53,72)(H,55,63)(H,56,70)(H,57,73)(H3,46,49,54)/t18?,22-,23?,24+,25?,27-,30+,31+,32-,33?,34?,35-,36+,37+,43+/m1/s1. The summed E-state index contributed by atoms with van der Waals surface area (Å²) in [7, 11) is 0. The Balaban J connectivity index is 1.43. The van der Waals surface area contributed by atoms with Crippen LogP contribution in [0, 0.1) is 0 Å². The number of aliphatic hydroxyl groups is 7. The third-order valence-electron chi connectivity index (χ3n) is 13.0. The number of amides is 7. The summed E-state index contributed by atoms with van der Waals surface area (Å²) in [4.78, 5) is 107. The quantitative estimate of drug-likeness (QED) is 0.0829. The van der Waals surface area contributed by atoms with Gasteiger partial charge in [0.05, 0.1) is 50.6 Å². The van der Waals surface area contributed by atoms with Crippen molar-refractivity contribution in [2.24, 2.45) is 21.5 Å². The first kappa shape index (κ1) is 56.1. The number of guanidine groups is 2. The predicted molar refractivity (Wildman–Crippen MR) is 257 cm³/mol. The van der Waals surface area contributed by atoms with Gasteiger partial charge in [0.1, 0.15) is 72.6 Å². The largest absolute Gasteiger partial charge is 0.506 e. The Kier molecular flexibility index (Phi) is 18.7. The van der Waals surface area contributed by atoms with Gasteiger partial charge in [0.15, 0.2) is 18.1 Å². The zero-order valence-electron chi connectivity index (χ0n) is 40.1. The van der Waals surface area contributed by atoms with Crippen LogP contribution in [0.25, 0.3) is 0 Å². The molecular weight excluding hydrogens is 979 g/mol. The minimum atomic E-state index is -2.29. The Morgan fingerprint density at radius 2 is 1.42 bits per heavy atom. The lowest BCUT2D eigenvalue weighted by Crippen LogP contribution is -2.70. The summed E-state index contributed by atoms with van der Waals surface area (Å²) in [5, 5.41) is 107. The Morgan fingerprint density at radius 1 is 0.770 bits per heavy atom. The van der Waals surface area contributed by atoms with Gasteiger partial charge in [-0.25, -0.2) is 0 Å². The molecule has 0 aliphatic carbocycles. The van der Waals surface area contributed by atoms with Crippen molar-refractivity contribution < 1.29 is 79.2 Å². The molecule has 2 saturated heterocycles. The average molecular weight is 1040 g/mol. The fraction of sp³-hybridized carbons (Fsp3) is 0.533. The number of carbonyl (C=O) groups excluding carboxylic acids is 7. The number of aliphatic imine (C=N–C) groups is 2. The molecule has 2 aromatic carbocycles. The molecule has 0 bridgehead atoms. The number of nitrogens with one attached hydrogen (secondary N) is 8. The van der Waals surface area contributed by atoms with E-state index in [1.165, 1.54) is 18.2 Å². The molecule has 4 heterocycles. The number of ether oxygens (including phenoxy) is 1. The van der Waals surface area contributed by atoms with Crippen LogP contribution in [0.15, 0.2) is 58.5 Å². The van der Waals surface area contributed by atoms with Crippen LogP contribution >= 0.6 is 0 Å². The smallest absolute Gasteiger partial charge is 0.246 e. The SMILES string of the molecule is CCC(=O)Nc1cc(C[C@H]2NC(=O)[C@H](C(C)c3ccccc3)NC(=O)CNC(=O)[C@H](CO)NC(=O)[C@@H](C(O)C3CN=C(N)N3[C@H]3O[C@H](CO)[C@@H](O)[C@H](O)[C@@H]3O)NC(=O)[C@H](C(O)C3CN=C(N)N3)NC2=O)ccc1O. The van der Waals surface area contributed by atoms with Crippen molar-refractivity contribution in [3.8, 4) is 5.75 Å². The van der Waals surface area contributed by atoms with Gasteiger partial charge in [-0.3, -0.25) is 43.5 Å². The van der Waals surface area contributed by atoms with Crippen molar-refractivity contribution in [1.29, 1.82) is 0 Å². The molecule has 2 fully saturated rings. The normalized spacial score (nSPS) is 30.8. The Bertz CT molecular complexity index is 2450. The molecule has 6 rings (SSSR count). The lowest BCUT2D eigenvalue weighted by Gasteiger charge is -2.46. The van der Waals surface area contributed by atoms with Crippen LogP contribution in [0.5, 0.6) is 5.75 Å². The van der Waals surface area contributed by atoms with E-state index in [4.69, 9.17) is 16.2 Å². The third-order valence-corrected chi connectivity index (χ3v) is 13.0. The van der Waals surface area contributed by atoms with Gasteiger partial charge in [0, 0.05) is 18.8 Å². The zero-order valence-corrected chi connectivity index (χ0v) is 40.1. The van der Waals surface area contributed by atoms with E-state index >= 15 is 0 Å². The summed E-state index contributed by atoms with van der Waals surface area (Å²) in [6.45, 7) is -0.476. The summed E-state index contributed by atoms with van der Waals surface area (Å²) in [5.74, 6) is -9.36. The molecule has 2 aromatic rings. The van der Waals surface area contributed by atoms with Crippen molar-refractivity contribution in [3.05, 3.63) is 59.7 Å². The number of phenolic OH excluding ortho intramolecular Hbond substituents is 1. The van der Waals surface area contributed by atoms with Crippen molar-refractivity contribution >= 4 is 59.0 Å². The number of nitrogens with two attached hydrogens (primary N) is 2. The number of phenols is 1. The number of nitrogens with zero attached hydrogens (tertiary/aromatic N) is 3. The van der Waals surface area contributed by atoms with Gasteiger partial charge < -0.3 is 104 Å². The molecule has 15 atom stereocenters. The second kappa shape index (κ2) is 24.6. The second-order valence-electron chi connectivity index (χ2n) is 18.0. The van der Waals surface area contributed by atoms with Crippen molar-refractivity contribution in [3.63, 3.8) is 0 Å². The van der Waals surface area contributed by atoms with E-state index in [9.17, 15) is 74.4 Å². The maximum absolute atomic E-state index is 14.8. The molecule has 20 N–H and O–H groups in total. The van der Waals surface area contributed by atoms with Gasteiger partial charge in [-0.05, 0) is 23.3 Å². The first-order valence-electron chi connectivity index (χ1n) is 23.5. The van der Waals surface area contributed by atoms with Crippen LogP contribution in [0.4, 0.5) is 5.69 Å². The summed E-state index contributed by atoms with van der Waals surface area (Å²) >= 11 is 0. The number of benzene rings is 2. The van der Waals surface area contributed by atoms with Crippen LogP contribution in [0.2, 0.25) is 0 Å². The minimum absolute atomic E-state index is 0.0278. The first-order valence-corrected chi connectivity index (χ1v) is 23.5. The lowest BCUT2D eigenvalue weighted by molar-refractivity contribution is -0.260. The van der Waals surface area contributed by atoms with E-state index in [0.29, 0.717) is 5.56 Å². The van der Waals surface area contributed by atoms with Crippen LogP contribution in [0.1, 0.15) is 37.3 Å². The van der Waals surface area contributed by atoms with Gasteiger partial charge in [-0.15, -0.1) is 0 Å². The van der Waals surface area contributed by atoms with E-state index < -0.39 is 171 Å². The molecule has 4 aliphatic heterocycles. The summed E-state index contributed by atoms with van der Waals surface area (Å²) < 4.78 is 5.67. The zero-order chi connectivity index (χ0) is 54.1. The number of aromatic hydroxyl groups is 1. The number of carbonyl (C=O) groups is 7. The molecule has 0 spiro atoms. The van der Waals surface area contributed by atoms with E-state index in [1.54, 1.807) is 44.2 Å². The number of aliphatic hydroxyl groups excluding tert-OH is 7. The highest BCUT2D eigenvalue weighted by Crippen LogP contribution is 2.30. The van der Waals surface area contributed by atoms with E-state index in [2.05, 4.69) is 52.5 Å². The highest BCUT2D eigenvalue weighted by molar-refractivity contribution is 5.99. The van der Waals surface area contributed by atoms with Crippen molar-refractivity contribution in [2.45, 2.75) is 118 Å².